The molecule has 2 N–H and O–H groups in total. The molecule has 1 saturated carbocycles. The fraction of sp³-hybridized carbons (Fsp3) is 0.625. The average Bonchev–Trinajstić information content (AvgIpc) is 2.46. The Morgan fingerprint density at radius 2 is 2.05 bits per heavy atom. The van der Waals surface area contributed by atoms with Gasteiger partial charge in [-0.1, -0.05) is 31.9 Å². The number of rotatable bonds is 4. The van der Waals surface area contributed by atoms with Gasteiger partial charge in [0.1, 0.15) is 0 Å². The summed E-state index contributed by atoms with van der Waals surface area (Å²) in [7, 11) is -3.27. The van der Waals surface area contributed by atoms with Crippen LogP contribution in [0.1, 0.15) is 38.2 Å². The minimum atomic E-state index is -3.27. The number of nitrogens with two attached hydrogens (primary N) is 1. The van der Waals surface area contributed by atoms with Crippen LogP contribution in [-0.4, -0.2) is 20.2 Å². The lowest BCUT2D eigenvalue weighted by molar-refractivity contribution is 0.275. The Morgan fingerprint density at radius 3 is 2.65 bits per heavy atom. The van der Waals surface area contributed by atoms with Crippen LogP contribution < -0.4 is 5.73 Å². The van der Waals surface area contributed by atoms with Crippen LogP contribution in [0.15, 0.2) is 29.2 Å². The molecular formula is C16H25NO2S. The molecule has 0 aromatic heterocycles. The molecule has 0 saturated heterocycles. The standard InChI is InChI=1S/C16H25NO2S/c1-3-13-7-8-14(11-17)16(10-13)20(18,19)15-6-4-5-12(2)9-15/h4-6,9,13-14,16H,3,7-8,10-11,17H2,1-2H3. The minimum Gasteiger partial charge on any atom is -0.330 e. The monoisotopic (exact) mass is 295 g/mol. The van der Waals surface area contributed by atoms with Crippen molar-refractivity contribution in [2.75, 3.05) is 6.54 Å². The fourth-order valence-corrected chi connectivity index (χ4v) is 5.51. The molecule has 0 aliphatic heterocycles. The second kappa shape index (κ2) is 6.27. The van der Waals surface area contributed by atoms with E-state index in [2.05, 4.69) is 6.92 Å². The second-order valence-corrected chi connectivity index (χ2v) is 8.15. The van der Waals surface area contributed by atoms with Crippen molar-refractivity contribution in [3.05, 3.63) is 29.8 Å². The van der Waals surface area contributed by atoms with E-state index < -0.39 is 9.84 Å². The maximum absolute atomic E-state index is 12.9. The molecule has 0 bridgehead atoms. The van der Waals surface area contributed by atoms with Gasteiger partial charge in [0.15, 0.2) is 9.84 Å². The van der Waals surface area contributed by atoms with Crippen molar-refractivity contribution in [1.29, 1.82) is 0 Å². The van der Waals surface area contributed by atoms with Gasteiger partial charge in [0, 0.05) is 0 Å². The quantitative estimate of drug-likeness (QED) is 0.929. The number of sulfone groups is 1. The molecular weight excluding hydrogens is 270 g/mol. The van der Waals surface area contributed by atoms with E-state index in [0.29, 0.717) is 17.4 Å². The van der Waals surface area contributed by atoms with Crippen LogP contribution in [0.5, 0.6) is 0 Å². The van der Waals surface area contributed by atoms with Crippen molar-refractivity contribution < 1.29 is 8.42 Å². The van der Waals surface area contributed by atoms with Gasteiger partial charge in [-0.05, 0) is 55.8 Å². The molecule has 0 spiro atoms. The van der Waals surface area contributed by atoms with E-state index >= 15 is 0 Å². The zero-order chi connectivity index (χ0) is 14.8. The third kappa shape index (κ3) is 3.07. The highest BCUT2D eigenvalue weighted by atomic mass is 32.2. The summed E-state index contributed by atoms with van der Waals surface area (Å²) in [5.74, 6) is 0.616. The van der Waals surface area contributed by atoms with Crippen LogP contribution in [-0.2, 0) is 9.84 Å². The van der Waals surface area contributed by atoms with Crippen molar-refractivity contribution in [3.8, 4) is 0 Å². The third-order valence-electron chi connectivity index (χ3n) is 4.63. The van der Waals surface area contributed by atoms with E-state index in [1.54, 1.807) is 12.1 Å². The first kappa shape index (κ1) is 15.5. The summed E-state index contributed by atoms with van der Waals surface area (Å²) < 4.78 is 25.8. The van der Waals surface area contributed by atoms with E-state index in [4.69, 9.17) is 5.73 Å². The van der Waals surface area contributed by atoms with Gasteiger partial charge in [-0.2, -0.15) is 0 Å². The summed E-state index contributed by atoms with van der Waals surface area (Å²) in [6.45, 7) is 4.53. The van der Waals surface area contributed by atoms with Crippen molar-refractivity contribution >= 4 is 9.84 Å². The maximum Gasteiger partial charge on any atom is 0.181 e. The summed E-state index contributed by atoms with van der Waals surface area (Å²) in [6, 6.07) is 7.24. The fourth-order valence-electron chi connectivity index (χ4n) is 3.26. The largest absolute Gasteiger partial charge is 0.330 e. The SMILES string of the molecule is CCC1CCC(CN)C(S(=O)(=O)c2cccc(C)c2)C1. The molecule has 3 unspecified atom stereocenters. The molecule has 112 valence electrons. The van der Waals surface area contributed by atoms with Crippen molar-refractivity contribution in [2.45, 2.75) is 49.7 Å². The third-order valence-corrected chi connectivity index (χ3v) is 6.92. The van der Waals surface area contributed by atoms with Gasteiger partial charge < -0.3 is 5.73 Å². The average molecular weight is 295 g/mol. The first-order valence-electron chi connectivity index (χ1n) is 7.49. The smallest absolute Gasteiger partial charge is 0.181 e. The van der Waals surface area contributed by atoms with Gasteiger partial charge in [0.05, 0.1) is 10.1 Å². The molecule has 0 radical (unpaired) electrons. The van der Waals surface area contributed by atoms with E-state index in [1.807, 2.05) is 19.1 Å². The van der Waals surface area contributed by atoms with Crippen molar-refractivity contribution in [1.82, 2.24) is 0 Å². The molecule has 20 heavy (non-hydrogen) atoms. The highest BCUT2D eigenvalue weighted by molar-refractivity contribution is 7.92. The molecule has 1 aliphatic rings. The van der Waals surface area contributed by atoms with Crippen LogP contribution in [0.2, 0.25) is 0 Å². The van der Waals surface area contributed by atoms with Gasteiger partial charge in [-0.3, -0.25) is 0 Å². The molecule has 0 heterocycles. The predicted molar refractivity (Wildman–Crippen MR) is 82.3 cm³/mol. The lowest BCUT2D eigenvalue weighted by Gasteiger charge is -2.35. The van der Waals surface area contributed by atoms with E-state index in [9.17, 15) is 8.42 Å². The molecule has 3 atom stereocenters. The van der Waals surface area contributed by atoms with Gasteiger partial charge in [-0.15, -0.1) is 0 Å². The Balaban J connectivity index is 2.34. The highest BCUT2D eigenvalue weighted by Crippen LogP contribution is 2.37. The Morgan fingerprint density at radius 1 is 1.30 bits per heavy atom. The predicted octanol–water partition coefficient (Wildman–Crippen LogP) is 2.92. The minimum absolute atomic E-state index is 0.100. The van der Waals surface area contributed by atoms with Crippen LogP contribution in [0, 0.1) is 18.8 Å². The van der Waals surface area contributed by atoms with Crippen LogP contribution in [0.3, 0.4) is 0 Å². The lowest BCUT2D eigenvalue weighted by Crippen LogP contribution is -2.39. The summed E-state index contributed by atoms with van der Waals surface area (Å²) in [4.78, 5) is 0.456. The molecule has 1 fully saturated rings. The van der Waals surface area contributed by atoms with Gasteiger partial charge in [0.2, 0.25) is 0 Å². The van der Waals surface area contributed by atoms with E-state index in [1.165, 1.54) is 0 Å². The van der Waals surface area contributed by atoms with E-state index in [-0.39, 0.29) is 11.2 Å². The zero-order valence-corrected chi connectivity index (χ0v) is 13.2. The number of aryl methyl sites for hydroxylation is 1. The highest BCUT2D eigenvalue weighted by Gasteiger charge is 2.38. The topological polar surface area (TPSA) is 60.2 Å². The van der Waals surface area contributed by atoms with Crippen LogP contribution in [0.4, 0.5) is 0 Å². The normalized spacial score (nSPS) is 27.4. The molecule has 2 rings (SSSR count). The summed E-state index contributed by atoms with van der Waals surface area (Å²) in [6.07, 6.45) is 3.86. The molecule has 3 nitrogen and oxygen atoms in total. The summed E-state index contributed by atoms with van der Waals surface area (Å²) in [5.41, 5.74) is 6.81. The summed E-state index contributed by atoms with van der Waals surface area (Å²) in [5, 5.41) is -0.312. The number of benzene rings is 1. The number of hydrogen-bond donors (Lipinski definition) is 1. The van der Waals surface area contributed by atoms with Crippen LogP contribution in [0.25, 0.3) is 0 Å². The van der Waals surface area contributed by atoms with Crippen molar-refractivity contribution in [3.63, 3.8) is 0 Å². The first-order valence-corrected chi connectivity index (χ1v) is 9.04. The first-order chi connectivity index (χ1) is 9.48. The molecule has 1 aromatic carbocycles. The van der Waals surface area contributed by atoms with E-state index in [0.717, 1.165) is 31.2 Å². The van der Waals surface area contributed by atoms with Crippen molar-refractivity contribution in [2.24, 2.45) is 17.6 Å². The Bertz CT molecular complexity index is 553. The molecule has 4 heteroatoms. The van der Waals surface area contributed by atoms with Gasteiger partial charge >= 0.3 is 0 Å². The van der Waals surface area contributed by atoms with Gasteiger partial charge in [0.25, 0.3) is 0 Å². The Labute approximate surface area is 122 Å². The summed E-state index contributed by atoms with van der Waals surface area (Å²) >= 11 is 0. The number of hydrogen-bond acceptors (Lipinski definition) is 3. The molecule has 0 amide bonds. The Kier molecular flexibility index (Phi) is 4.86. The molecule has 1 aromatic rings. The lowest BCUT2D eigenvalue weighted by atomic mass is 9.80. The molecule has 1 aliphatic carbocycles. The van der Waals surface area contributed by atoms with Crippen LogP contribution >= 0.6 is 0 Å². The second-order valence-electron chi connectivity index (χ2n) is 5.98. The Hall–Kier alpha value is -0.870. The van der Waals surface area contributed by atoms with Gasteiger partial charge in [-0.25, -0.2) is 8.42 Å². The maximum atomic E-state index is 12.9. The zero-order valence-electron chi connectivity index (χ0n) is 12.4.